The second-order valence-electron chi connectivity index (χ2n) is 3.98. The van der Waals surface area contributed by atoms with Gasteiger partial charge in [0.25, 0.3) is 0 Å². The van der Waals surface area contributed by atoms with Crippen LogP contribution in [0.1, 0.15) is 11.4 Å². The van der Waals surface area contributed by atoms with Crippen LogP contribution in [0.5, 0.6) is 0 Å². The van der Waals surface area contributed by atoms with Crippen LogP contribution in [-0.2, 0) is 6.54 Å². The zero-order valence-corrected chi connectivity index (χ0v) is 9.17. The maximum Gasteiger partial charge on any atom is 0.351 e. The molecule has 0 fully saturated rings. The molecule has 1 amide bonds. The first-order chi connectivity index (χ1) is 8.16. The number of carbonyl (C=O) groups is 1. The van der Waals surface area contributed by atoms with Crippen LogP contribution in [0.2, 0.25) is 0 Å². The second kappa shape index (κ2) is 3.31. The molecule has 17 heavy (non-hydrogen) atoms. The minimum Gasteiger partial charge on any atom is -0.286 e. The number of benzene rings is 1. The third kappa shape index (κ3) is 1.37. The summed E-state index contributed by atoms with van der Waals surface area (Å²) < 4.78 is 1.06. The first kappa shape index (κ1) is 9.83. The molecule has 0 saturated heterocycles. The van der Waals surface area contributed by atoms with Gasteiger partial charge in [-0.1, -0.05) is 17.7 Å². The lowest BCUT2D eigenvalue weighted by atomic mass is 10.2. The Kier molecular flexibility index (Phi) is 1.91. The summed E-state index contributed by atoms with van der Waals surface area (Å²) >= 11 is 0. The van der Waals surface area contributed by atoms with Crippen molar-refractivity contribution in [3.63, 3.8) is 0 Å². The molecular weight excluding hydrogens is 220 g/mol. The summed E-state index contributed by atoms with van der Waals surface area (Å²) in [5, 5.41) is 6.06. The number of aryl methyl sites for hydroxylation is 1. The monoisotopic (exact) mass is 230 g/mol. The van der Waals surface area contributed by atoms with Gasteiger partial charge in [0.05, 0.1) is 6.54 Å². The lowest BCUT2D eigenvalue weighted by Gasteiger charge is -2.14. The standard InChI is InChI=1S/C11H10N4O2/c1-7-2-4-8(5-3-7)14-6-9-12-13-10(16)15(9)11(14)17/h2-5H,6H2,1H3,(H,13,16). The topological polar surface area (TPSA) is 71.0 Å². The van der Waals surface area contributed by atoms with Crippen molar-refractivity contribution in [2.75, 3.05) is 4.90 Å². The fourth-order valence-electron chi connectivity index (χ4n) is 1.89. The van der Waals surface area contributed by atoms with Crippen LogP contribution >= 0.6 is 0 Å². The molecular formula is C11H10N4O2. The molecule has 2 aromatic rings. The van der Waals surface area contributed by atoms with E-state index < -0.39 is 5.69 Å². The Balaban J connectivity index is 2.02. The van der Waals surface area contributed by atoms with E-state index in [-0.39, 0.29) is 6.03 Å². The van der Waals surface area contributed by atoms with E-state index in [0.717, 1.165) is 15.8 Å². The van der Waals surface area contributed by atoms with Gasteiger partial charge < -0.3 is 0 Å². The molecule has 1 aromatic carbocycles. The van der Waals surface area contributed by atoms with Crippen LogP contribution in [0.15, 0.2) is 29.1 Å². The number of H-pyrrole nitrogens is 1. The number of hydrogen-bond acceptors (Lipinski definition) is 3. The van der Waals surface area contributed by atoms with Crippen molar-refractivity contribution in [2.45, 2.75) is 13.5 Å². The fraction of sp³-hybridized carbons (Fsp3) is 0.182. The number of carbonyl (C=O) groups excluding carboxylic acids is 1. The molecule has 1 aliphatic rings. The maximum atomic E-state index is 12.0. The third-order valence-corrected chi connectivity index (χ3v) is 2.81. The smallest absolute Gasteiger partial charge is 0.286 e. The number of hydrogen-bond donors (Lipinski definition) is 1. The van der Waals surface area contributed by atoms with Crippen molar-refractivity contribution in [3.05, 3.63) is 46.1 Å². The predicted octanol–water partition coefficient (Wildman–Crippen LogP) is 0.868. The van der Waals surface area contributed by atoms with Crippen molar-refractivity contribution >= 4 is 11.7 Å². The van der Waals surface area contributed by atoms with Gasteiger partial charge in [-0.25, -0.2) is 14.7 Å². The van der Waals surface area contributed by atoms with Crippen molar-refractivity contribution < 1.29 is 4.79 Å². The summed E-state index contributed by atoms with van der Waals surface area (Å²) in [6.07, 6.45) is 0. The summed E-state index contributed by atoms with van der Waals surface area (Å²) in [5.41, 5.74) is 1.40. The van der Waals surface area contributed by atoms with E-state index in [1.165, 1.54) is 4.90 Å². The van der Waals surface area contributed by atoms with E-state index in [2.05, 4.69) is 10.2 Å². The van der Waals surface area contributed by atoms with Gasteiger partial charge in [0.1, 0.15) is 0 Å². The first-order valence-electron chi connectivity index (χ1n) is 5.21. The molecule has 1 aromatic heterocycles. The van der Waals surface area contributed by atoms with Gasteiger partial charge in [-0.15, -0.1) is 0 Å². The van der Waals surface area contributed by atoms with Crippen molar-refractivity contribution in [1.82, 2.24) is 14.8 Å². The molecule has 6 heteroatoms. The van der Waals surface area contributed by atoms with Crippen LogP contribution < -0.4 is 10.6 Å². The van der Waals surface area contributed by atoms with Crippen LogP contribution in [0.25, 0.3) is 0 Å². The largest absolute Gasteiger partial charge is 0.351 e. The van der Waals surface area contributed by atoms with Crippen molar-refractivity contribution in [2.24, 2.45) is 0 Å². The molecule has 86 valence electrons. The predicted molar refractivity (Wildman–Crippen MR) is 61.0 cm³/mol. The van der Waals surface area contributed by atoms with E-state index in [9.17, 15) is 9.59 Å². The Morgan fingerprint density at radius 1 is 1.24 bits per heavy atom. The summed E-state index contributed by atoms with van der Waals surface area (Å²) in [6, 6.07) is 7.20. The van der Waals surface area contributed by atoms with Gasteiger partial charge in [-0.2, -0.15) is 9.67 Å². The molecule has 0 aliphatic carbocycles. The molecule has 0 radical (unpaired) electrons. The summed E-state index contributed by atoms with van der Waals surface area (Å²) in [5.74, 6) is 0.445. The molecule has 0 atom stereocenters. The van der Waals surface area contributed by atoms with Crippen LogP contribution in [0.4, 0.5) is 10.5 Å². The summed E-state index contributed by atoms with van der Waals surface area (Å²) in [6.45, 7) is 2.30. The lowest BCUT2D eigenvalue weighted by Crippen LogP contribution is -2.31. The van der Waals surface area contributed by atoms with Gasteiger partial charge in [0.15, 0.2) is 5.82 Å². The molecule has 2 heterocycles. The van der Waals surface area contributed by atoms with Crippen LogP contribution in [-0.4, -0.2) is 20.8 Å². The zero-order chi connectivity index (χ0) is 12.0. The molecule has 0 unspecified atom stereocenters. The number of nitrogens with zero attached hydrogens (tertiary/aromatic N) is 3. The quantitative estimate of drug-likeness (QED) is 0.790. The van der Waals surface area contributed by atoms with Gasteiger partial charge in [-0.05, 0) is 19.1 Å². The zero-order valence-electron chi connectivity index (χ0n) is 9.17. The Hall–Kier alpha value is -2.37. The van der Waals surface area contributed by atoms with Crippen LogP contribution in [0, 0.1) is 6.92 Å². The third-order valence-electron chi connectivity index (χ3n) is 2.81. The van der Waals surface area contributed by atoms with E-state index in [0.29, 0.717) is 12.4 Å². The highest BCUT2D eigenvalue weighted by Gasteiger charge is 2.31. The van der Waals surface area contributed by atoms with E-state index in [1.54, 1.807) is 0 Å². The lowest BCUT2D eigenvalue weighted by molar-refractivity contribution is 0.250. The number of nitrogens with one attached hydrogen (secondary N) is 1. The van der Waals surface area contributed by atoms with Crippen molar-refractivity contribution in [1.29, 1.82) is 0 Å². The molecule has 6 nitrogen and oxygen atoms in total. The van der Waals surface area contributed by atoms with Gasteiger partial charge >= 0.3 is 11.7 Å². The molecule has 0 bridgehead atoms. The average molecular weight is 230 g/mol. The Labute approximate surface area is 96.5 Å². The highest BCUT2D eigenvalue weighted by Crippen LogP contribution is 2.21. The number of anilines is 1. The highest BCUT2D eigenvalue weighted by molar-refractivity contribution is 5.95. The highest BCUT2D eigenvalue weighted by atomic mass is 16.2. The van der Waals surface area contributed by atoms with E-state index >= 15 is 0 Å². The Morgan fingerprint density at radius 3 is 2.59 bits per heavy atom. The first-order valence-corrected chi connectivity index (χ1v) is 5.21. The summed E-state index contributed by atoms with van der Waals surface area (Å²) in [4.78, 5) is 24.9. The van der Waals surface area contributed by atoms with Gasteiger partial charge in [-0.3, -0.25) is 4.90 Å². The molecule has 1 aliphatic heterocycles. The van der Waals surface area contributed by atoms with E-state index in [4.69, 9.17) is 0 Å². The fourth-order valence-corrected chi connectivity index (χ4v) is 1.89. The van der Waals surface area contributed by atoms with Crippen LogP contribution in [0.3, 0.4) is 0 Å². The Morgan fingerprint density at radius 2 is 1.94 bits per heavy atom. The molecule has 0 spiro atoms. The Bertz CT molecular complexity index is 638. The number of rotatable bonds is 1. The normalized spacial score (nSPS) is 14.2. The SMILES string of the molecule is Cc1ccc(N2Cc3n[nH]c(=O)n3C2=O)cc1. The molecule has 0 saturated carbocycles. The maximum absolute atomic E-state index is 12.0. The minimum atomic E-state index is -0.486. The second-order valence-corrected chi connectivity index (χ2v) is 3.98. The van der Waals surface area contributed by atoms with Gasteiger partial charge in [0.2, 0.25) is 0 Å². The molecule has 3 rings (SSSR count). The molecule has 1 N–H and O–H groups in total. The van der Waals surface area contributed by atoms with Gasteiger partial charge in [0, 0.05) is 5.69 Å². The number of amides is 1. The number of fused-ring (bicyclic) bond motifs is 1. The minimum absolute atomic E-state index is 0.320. The van der Waals surface area contributed by atoms with E-state index in [1.807, 2.05) is 31.2 Å². The number of aromatic nitrogens is 3. The number of aromatic amines is 1. The van der Waals surface area contributed by atoms with Crippen molar-refractivity contribution in [3.8, 4) is 0 Å². The summed E-state index contributed by atoms with van der Waals surface area (Å²) in [7, 11) is 0. The average Bonchev–Trinajstić information content (AvgIpc) is 2.83.